The SMILES string of the molecule is C1=CC2=CCc3ccc(-c4ccc(-c5cc(-c6ccc(-c7nc8oc9ccccc9c8c8ccccc78)cc6)nc(-c6ccccc6)n5)cc4)c4c3C2C(=C1)C=C4. The average molecular weight is 728 g/mol. The maximum atomic E-state index is 6.28. The molecule has 9 aromatic rings. The van der Waals surface area contributed by atoms with Gasteiger partial charge in [-0.05, 0) is 62.9 Å². The lowest BCUT2D eigenvalue weighted by atomic mass is 9.70. The lowest BCUT2D eigenvalue weighted by Gasteiger charge is -2.34. The number of hydrogen-bond acceptors (Lipinski definition) is 4. The number of fused-ring (bicyclic) bond motifs is 5. The van der Waals surface area contributed by atoms with Gasteiger partial charge in [-0.2, -0.15) is 0 Å². The molecule has 0 aliphatic heterocycles. The second-order valence-corrected chi connectivity index (χ2v) is 15.1. The van der Waals surface area contributed by atoms with Crippen LogP contribution in [0.25, 0.3) is 95.2 Å². The fourth-order valence-corrected chi connectivity index (χ4v) is 9.11. The molecule has 0 radical (unpaired) electrons. The molecule has 0 spiro atoms. The summed E-state index contributed by atoms with van der Waals surface area (Å²) in [6.45, 7) is 0. The van der Waals surface area contributed by atoms with Crippen LogP contribution in [0.3, 0.4) is 0 Å². The van der Waals surface area contributed by atoms with E-state index < -0.39 is 0 Å². The summed E-state index contributed by atoms with van der Waals surface area (Å²) in [7, 11) is 0. The summed E-state index contributed by atoms with van der Waals surface area (Å²) in [6, 6.07) is 51.0. The number of nitrogens with zero attached hydrogens (tertiary/aromatic N) is 3. The second kappa shape index (κ2) is 12.6. The van der Waals surface area contributed by atoms with Crippen LogP contribution in [0.1, 0.15) is 22.6 Å². The van der Waals surface area contributed by atoms with Gasteiger partial charge >= 0.3 is 0 Å². The topological polar surface area (TPSA) is 51.8 Å². The van der Waals surface area contributed by atoms with Crippen LogP contribution in [0, 0.1) is 0 Å². The minimum absolute atomic E-state index is 0.332. The molecular formula is C53H33N3O. The van der Waals surface area contributed by atoms with Crippen LogP contribution in [0.15, 0.2) is 192 Å². The number of aromatic nitrogens is 3. The van der Waals surface area contributed by atoms with Crippen molar-refractivity contribution in [2.24, 2.45) is 0 Å². The Morgan fingerprint density at radius 3 is 2.00 bits per heavy atom. The number of furan rings is 1. The Hall–Kier alpha value is -7.43. The van der Waals surface area contributed by atoms with Crippen LogP contribution in [-0.2, 0) is 6.42 Å². The summed E-state index contributed by atoms with van der Waals surface area (Å²) in [6.07, 6.45) is 14.7. The summed E-state index contributed by atoms with van der Waals surface area (Å²) >= 11 is 0. The van der Waals surface area contributed by atoms with Gasteiger partial charge in [0.05, 0.1) is 22.5 Å². The molecule has 57 heavy (non-hydrogen) atoms. The Morgan fingerprint density at radius 1 is 0.526 bits per heavy atom. The molecule has 4 nitrogen and oxygen atoms in total. The average Bonchev–Trinajstić information content (AvgIpc) is 3.67. The van der Waals surface area contributed by atoms with E-state index >= 15 is 0 Å². The van der Waals surface area contributed by atoms with Crippen molar-refractivity contribution in [2.45, 2.75) is 12.3 Å². The van der Waals surface area contributed by atoms with E-state index in [1.807, 2.05) is 36.4 Å². The van der Waals surface area contributed by atoms with Gasteiger partial charge in [0.15, 0.2) is 5.82 Å². The van der Waals surface area contributed by atoms with Gasteiger partial charge in [0.1, 0.15) is 5.58 Å². The smallest absolute Gasteiger partial charge is 0.228 e. The minimum Gasteiger partial charge on any atom is -0.438 e. The third-order valence-electron chi connectivity index (χ3n) is 11.9. The molecule has 0 saturated heterocycles. The Bertz CT molecular complexity index is 3240. The predicted octanol–water partition coefficient (Wildman–Crippen LogP) is 13.3. The summed E-state index contributed by atoms with van der Waals surface area (Å²) in [5, 5.41) is 4.35. The van der Waals surface area contributed by atoms with E-state index in [1.165, 1.54) is 39.0 Å². The fraction of sp³-hybridized carbons (Fsp3) is 0.0377. The molecule has 0 amide bonds. The van der Waals surface area contributed by atoms with Crippen LogP contribution in [-0.4, -0.2) is 15.0 Å². The summed E-state index contributed by atoms with van der Waals surface area (Å²) in [4.78, 5) is 15.3. The van der Waals surface area contributed by atoms with Gasteiger partial charge in [-0.3, -0.25) is 0 Å². The monoisotopic (exact) mass is 727 g/mol. The van der Waals surface area contributed by atoms with Crippen LogP contribution in [0.2, 0.25) is 0 Å². The van der Waals surface area contributed by atoms with Crippen molar-refractivity contribution >= 4 is 38.9 Å². The van der Waals surface area contributed by atoms with Crippen LogP contribution in [0.5, 0.6) is 0 Å². The third-order valence-corrected chi connectivity index (χ3v) is 11.9. The van der Waals surface area contributed by atoms with Crippen LogP contribution in [0.4, 0.5) is 0 Å². The van der Waals surface area contributed by atoms with Gasteiger partial charge in [0.2, 0.25) is 5.71 Å². The number of para-hydroxylation sites is 1. The fourth-order valence-electron chi connectivity index (χ4n) is 9.11. The summed E-state index contributed by atoms with van der Waals surface area (Å²) in [5.74, 6) is 1.02. The van der Waals surface area contributed by atoms with Crippen molar-refractivity contribution in [2.75, 3.05) is 0 Å². The number of benzene rings is 6. The second-order valence-electron chi connectivity index (χ2n) is 15.1. The molecule has 0 saturated carbocycles. The van der Waals surface area contributed by atoms with Gasteiger partial charge in [-0.25, -0.2) is 15.0 Å². The maximum absolute atomic E-state index is 6.28. The van der Waals surface area contributed by atoms with Crippen molar-refractivity contribution in [3.05, 3.63) is 204 Å². The van der Waals surface area contributed by atoms with Crippen molar-refractivity contribution in [3.8, 4) is 56.3 Å². The molecule has 266 valence electrons. The Balaban J connectivity index is 0.928. The minimum atomic E-state index is 0.332. The van der Waals surface area contributed by atoms with E-state index in [0.29, 0.717) is 17.5 Å². The molecular weight excluding hydrogens is 695 g/mol. The zero-order chi connectivity index (χ0) is 37.5. The number of hydrogen-bond donors (Lipinski definition) is 0. The number of allylic oxidation sites excluding steroid dienone is 7. The molecule has 0 N–H and O–H groups in total. The van der Waals surface area contributed by atoms with Gasteiger partial charge in [-0.1, -0.05) is 170 Å². The van der Waals surface area contributed by atoms with E-state index in [-0.39, 0.29) is 0 Å². The van der Waals surface area contributed by atoms with Crippen molar-refractivity contribution in [1.82, 2.24) is 15.0 Å². The third kappa shape index (κ3) is 5.11. The van der Waals surface area contributed by atoms with Crippen molar-refractivity contribution in [3.63, 3.8) is 0 Å². The lowest BCUT2D eigenvalue weighted by molar-refractivity contribution is 0.655. The molecule has 4 heteroatoms. The summed E-state index contributed by atoms with van der Waals surface area (Å²) in [5.41, 5.74) is 17.6. The van der Waals surface area contributed by atoms with E-state index in [9.17, 15) is 0 Å². The highest BCUT2D eigenvalue weighted by Crippen LogP contribution is 2.48. The maximum Gasteiger partial charge on any atom is 0.228 e. The van der Waals surface area contributed by atoms with Gasteiger partial charge < -0.3 is 4.42 Å². The van der Waals surface area contributed by atoms with Crippen LogP contribution >= 0.6 is 0 Å². The molecule has 0 fully saturated rings. The van der Waals surface area contributed by atoms with Gasteiger partial charge in [0, 0.05) is 38.9 Å². The standard InChI is InChI=1S/C53H33N3O/c1-2-9-39(10-3-1)52-54-45(33-19-17-32(18-20-33)40-29-27-37-24-23-35-11-8-12-36-28-30-42(40)49(37)48(35)36)31-46(55-52)34-21-25-38(26-22-34)51-43-14-5-4-13-41(43)50-44-15-6-7-16-47(44)57-53(50)56-51/h1-23,25-31,48H,24H2. The van der Waals surface area contributed by atoms with E-state index in [0.717, 1.165) is 72.9 Å². The van der Waals surface area contributed by atoms with Gasteiger partial charge in [-0.15, -0.1) is 0 Å². The highest BCUT2D eigenvalue weighted by Gasteiger charge is 2.31. The first-order valence-corrected chi connectivity index (χ1v) is 19.5. The molecule has 0 bridgehead atoms. The molecule has 12 rings (SSSR count). The highest BCUT2D eigenvalue weighted by atomic mass is 16.3. The van der Waals surface area contributed by atoms with E-state index in [4.69, 9.17) is 19.4 Å². The predicted molar refractivity (Wildman–Crippen MR) is 233 cm³/mol. The normalized spacial score (nSPS) is 15.2. The highest BCUT2D eigenvalue weighted by molar-refractivity contribution is 6.20. The first-order chi connectivity index (χ1) is 28.2. The zero-order valence-electron chi connectivity index (χ0n) is 30.9. The number of pyridine rings is 1. The van der Waals surface area contributed by atoms with Crippen LogP contribution < -0.4 is 0 Å². The Labute approximate surface area is 329 Å². The molecule has 6 aromatic carbocycles. The number of rotatable bonds is 5. The molecule has 3 aliphatic carbocycles. The lowest BCUT2D eigenvalue weighted by Crippen LogP contribution is -2.17. The Morgan fingerprint density at radius 2 is 1.21 bits per heavy atom. The van der Waals surface area contributed by atoms with E-state index in [2.05, 4.69) is 146 Å². The van der Waals surface area contributed by atoms with Crippen molar-refractivity contribution in [1.29, 1.82) is 0 Å². The first kappa shape index (κ1) is 31.9. The van der Waals surface area contributed by atoms with Crippen molar-refractivity contribution < 1.29 is 4.42 Å². The first-order valence-electron chi connectivity index (χ1n) is 19.5. The quantitative estimate of drug-likeness (QED) is 0.177. The summed E-state index contributed by atoms with van der Waals surface area (Å²) < 4.78 is 6.28. The molecule has 3 aliphatic rings. The Kier molecular flexibility index (Phi) is 7.02. The largest absolute Gasteiger partial charge is 0.438 e. The molecule has 3 heterocycles. The van der Waals surface area contributed by atoms with Gasteiger partial charge in [0.25, 0.3) is 0 Å². The van der Waals surface area contributed by atoms with E-state index in [1.54, 1.807) is 0 Å². The zero-order valence-corrected chi connectivity index (χ0v) is 30.9. The molecule has 1 unspecified atom stereocenters. The molecule has 1 atom stereocenters. The molecule has 3 aromatic heterocycles.